The molecule has 3 aliphatic heterocycles. The molecule has 6 rings (SSSR count). The van der Waals surface area contributed by atoms with E-state index in [-0.39, 0.29) is 24.7 Å². The highest BCUT2D eigenvalue weighted by Gasteiger charge is 2.70. The monoisotopic (exact) mass is 480 g/mol. The topological polar surface area (TPSA) is 78.1 Å². The number of hydrogen-bond acceptors (Lipinski definition) is 5. The van der Waals surface area contributed by atoms with Gasteiger partial charge in [0.1, 0.15) is 17.0 Å². The summed E-state index contributed by atoms with van der Waals surface area (Å²) in [6, 6.07) is 4.89. The first kappa shape index (κ1) is 22.9. The number of nitrogens with zero attached hydrogens (tertiary/aromatic N) is 3. The number of fused-ring (bicyclic) bond motifs is 2. The number of amides is 3. The molecule has 1 saturated carbocycles. The maximum atomic E-state index is 16.1. The van der Waals surface area contributed by atoms with Crippen LogP contribution in [-0.4, -0.2) is 53.6 Å². The summed E-state index contributed by atoms with van der Waals surface area (Å²) in [5, 5.41) is 2.71. The van der Waals surface area contributed by atoms with Crippen LogP contribution in [-0.2, 0) is 15.1 Å². The molecule has 1 aromatic heterocycles. The lowest BCUT2D eigenvalue weighted by molar-refractivity contribution is -0.120. The van der Waals surface area contributed by atoms with Crippen molar-refractivity contribution in [1.29, 1.82) is 0 Å². The second kappa shape index (κ2) is 8.23. The molecule has 0 radical (unpaired) electrons. The van der Waals surface area contributed by atoms with Gasteiger partial charge in [-0.15, -0.1) is 0 Å². The number of aryl methyl sites for hydroxylation is 1. The van der Waals surface area contributed by atoms with E-state index in [9.17, 15) is 9.59 Å². The van der Waals surface area contributed by atoms with Crippen molar-refractivity contribution in [2.24, 2.45) is 5.92 Å². The first-order chi connectivity index (χ1) is 16.8. The average molecular weight is 481 g/mol. The molecule has 4 aliphatic rings. The smallest absolute Gasteiger partial charge is 0.328 e. The van der Waals surface area contributed by atoms with Gasteiger partial charge in [0.15, 0.2) is 0 Å². The minimum absolute atomic E-state index is 0.207. The number of rotatable bonds is 4. The number of piperidine rings is 1. The Kier molecular flexibility index (Phi) is 5.38. The Morgan fingerprint density at radius 1 is 1.20 bits per heavy atom. The maximum Gasteiger partial charge on any atom is 0.328 e. The Balaban J connectivity index is 1.29. The lowest BCUT2D eigenvalue weighted by Gasteiger charge is -2.36. The number of carbonyl (C=O) groups excluding carboxylic acids is 2. The number of hydrogen-bond donors (Lipinski definition) is 1. The van der Waals surface area contributed by atoms with Crippen molar-refractivity contribution in [1.82, 2.24) is 15.2 Å². The summed E-state index contributed by atoms with van der Waals surface area (Å²) in [5.74, 6) is 0.144. The molecule has 0 spiro atoms. The molecule has 35 heavy (non-hydrogen) atoms. The fraction of sp³-hybridized carbons (Fsp3) is 0.593. The van der Waals surface area contributed by atoms with Gasteiger partial charge in [0.2, 0.25) is 5.91 Å². The van der Waals surface area contributed by atoms with E-state index in [1.165, 1.54) is 37.0 Å². The predicted molar refractivity (Wildman–Crippen MR) is 131 cm³/mol. The van der Waals surface area contributed by atoms with Gasteiger partial charge in [-0.1, -0.05) is 25.3 Å². The largest absolute Gasteiger partial charge is 0.356 e. The molecule has 1 aromatic carbocycles. The van der Waals surface area contributed by atoms with E-state index in [0.717, 1.165) is 32.0 Å². The highest BCUT2D eigenvalue weighted by atomic mass is 19.1. The highest BCUT2D eigenvalue weighted by Crippen LogP contribution is 2.61. The summed E-state index contributed by atoms with van der Waals surface area (Å²) >= 11 is 0. The summed E-state index contributed by atoms with van der Waals surface area (Å²) in [6.45, 7) is 7.00. The number of epoxide rings is 1. The number of nitrogens with one attached hydrogen (secondary N) is 1. The molecule has 4 heterocycles. The molecule has 2 atom stereocenters. The Morgan fingerprint density at radius 3 is 2.74 bits per heavy atom. The Labute approximate surface area is 205 Å². The van der Waals surface area contributed by atoms with Crippen molar-refractivity contribution in [3.8, 4) is 0 Å². The number of aromatic nitrogens is 1. The number of benzene rings is 1. The third kappa shape index (κ3) is 3.73. The van der Waals surface area contributed by atoms with Crippen LogP contribution in [0.15, 0.2) is 18.2 Å². The lowest BCUT2D eigenvalue weighted by Crippen LogP contribution is -2.49. The third-order valence-corrected chi connectivity index (χ3v) is 8.64. The quantitative estimate of drug-likeness (QED) is 0.657. The number of imide groups is 1. The minimum atomic E-state index is -0.617. The molecule has 1 aliphatic carbocycles. The van der Waals surface area contributed by atoms with Crippen LogP contribution >= 0.6 is 0 Å². The van der Waals surface area contributed by atoms with Crippen LogP contribution < -0.4 is 10.2 Å². The second-order valence-electron chi connectivity index (χ2n) is 11.0. The molecule has 2 aromatic rings. The minimum Gasteiger partial charge on any atom is -0.356 e. The van der Waals surface area contributed by atoms with E-state index < -0.39 is 17.2 Å². The van der Waals surface area contributed by atoms with Gasteiger partial charge in [0.25, 0.3) is 0 Å². The van der Waals surface area contributed by atoms with Gasteiger partial charge in [0, 0.05) is 43.5 Å². The van der Waals surface area contributed by atoms with E-state index in [1.54, 1.807) is 13.0 Å². The van der Waals surface area contributed by atoms with Crippen LogP contribution in [0.5, 0.6) is 0 Å². The number of anilines is 1. The van der Waals surface area contributed by atoms with Crippen LogP contribution in [0.1, 0.15) is 63.1 Å². The number of halogens is 1. The molecule has 186 valence electrons. The Morgan fingerprint density at radius 2 is 2.00 bits per heavy atom. The van der Waals surface area contributed by atoms with Crippen molar-refractivity contribution in [2.45, 2.75) is 70.0 Å². The van der Waals surface area contributed by atoms with E-state index >= 15 is 4.39 Å². The van der Waals surface area contributed by atoms with Crippen LogP contribution in [0.2, 0.25) is 0 Å². The zero-order chi connectivity index (χ0) is 24.4. The van der Waals surface area contributed by atoms with Crippen LogP contribution in [0.3, 0.4) is 0 Å². The molecule has 1 N–H and O–H groups in total. The van der Waals surface area contributed by atoms with Crippen LogP contribution in [0.25, 0.3) is 10.9 Å². The normalized spacial score (nSPS) is 29.9. The summed E-state index contributed by atoms with van der Waals surface area (Å²) in [7, 11) is 0. The zero-order valence-electron chi connectivity index (χ0n) is 20.5. The SMILES string of the molecule is Cc1nc2ccc(C34CCN(CC5CCCCC5)CC3(C)O4)c(F)c2cc1N1CCC(=O)NC1=O. The van der Waals surface area contributed by atoms with Crippen molar-refractivity contribution >= 4 is 28.5 Å². The van der Waals surface area contributed by atoms with E-state index in [0.29, 0.717) is 27.8 Å². The molecule has 8 heteroatoms. The van der Waals surface area contributed by atoms with Crippen LogP contribution in [0, 0.1) is 18.7 Å². The fourth-order valence-electron chi connectivity index (χ4n) is 6.70. The molecule has 3 saturated heterocycles. The molecule has 7 nitrogen and oxygen atoms in total. The summed E-state index contributed by atoms with van der Waals surface area (Å²) < 4.78 is 22.5. The third-order valence-electron chi connectivity index (χ3n) is 8.64. The maximum absolute atomic E-state index is 16.1. The summed E-state index contributed by atoms with van der Waals surface area (Å²) in [5.41, 5.74) is 1.26. The second-order valence-corrected chi connectivity index (χ2v) is 11.0. The van der Waals surface area contributed by atoms with Crippen molar-refractivity contribution in [3.63, 3.8) is 0 Å². The van der Waals surface area contributed by atoms with Gasteiger partial charge in [0.05, 0.1) is 16.9 Å². The fourth-order valence-corrected chi connectivity index (χ4v) is 6.70. The van der Waals surface area contributed by atoms with Crippen LogP contribution in [0.4, 0.5) is 14.9 Å². The van der Waals surface area contributed by atoms with Gasteiger partial charge in [-0.2, -0.15) is 0 Å². The standard InChI is InChI=1S/C27H33FN4O3/c1-17-22(32-12-10-23(33)30-25(32)34)14-19-21(29-17)9-8-20(24(19)28)27-11-13-31(16-26(27,2)35-27)15-18-6-4-3-5-7-18/h8-9,14,18H,3-7,10-13,15-16H2,1-2H3,(H,30,33,34). The number of pyridine rings is 1. The number of ether oxygens (including phenoxy) is 1. The summed E-state index contributed by atoms with van der Waals surface area (Å²) in [6.07, 6.45) is 7.64. The van der Waals surface area contributed by atoms with Crippen molar-refractivity contribution in [3.05, 3.63) is 35.3 Å². The molecular weight excluding hydrogens is 447 g/mol. The van der Waals surface area contributed by atoms with Gasteiger partial charge in [-0.25, -0.2) is 9.18 Å². The molecule has 0 bridgehead atoms. The number of likely N-dealkylation sites (tertiary alicyclic amines) is 1. The zero-order valence-corrected chi connectivity index (χ0v) is 20.5. The van der Waals surface area contributed by atoms with Gasteiger partial charge >= 0.3 is 6.03 Å². The van der Waals surface area contributed by atoms with E-state index in [1.807, 2.05) is 12.1 Å². The van der Waals surface area contributed by atoms with Gasteiger partial charge in [-0.05, 0) is 51.2 Å². The molecular formula is C27H33FN4O3. The van der Waals surface area contributed by atoms with Gasteiger partial charge in [-0.3, -0.25) is 24.9 Å². The predicted octanol–water partition coefficient (Wildman–Crippen LogP) is 4.40. The Bertz CT molecular complexity index is 1210. The van der Waals surface area contributed by atoms with E-state index in [2.05, 4.69) is 22.1 Å². The van der Waals surface area contributed by atoms with E-state index in [4.69, 9.17) is 4.74 Å². The number of urea groups is 1. The molecule has 3 amide bonds. The van der Waals surface area contributed by atoms with Crippen molar-refractivity contribution in [2.75, 3.05) is 31.1 Å². The Hall–Kier alpha value is -2.58. The summed E-state index contributed by atoms with van der Waals surface area (Å²) in [4.78, 5) is 32.6. The number of carbonyl (C=O) groups is 2. The lowest BCUT2D eigenvalue weighted by atomic mass is 9.80. The first-order valence-corrected chi connectivity index (χ1v) is 12.9. The highest BCUT2D eigenvalue weighted by molar-refractivity contribution is 6.06. The van der Waals surface area contributed by atoms with Gasteiger partial charge < -0.3 is 4.74 Å². The average Bonchev–Trinajstić information content (AvgIpc) is 3.46. The molecule has 2 unspecified atom stereocenters. The molecule has 4 fully saturated rings. The first-order valence-electron chi connectivity index (χ1n) is 12.9. The van der Waals surface area contributed by atoms with Crippen molar-refractivity contribution < 1.29 is 18.7 Å².